The average Bonchev–Trinajstić information content (AvgIpc) is 2.56. The van der Waals surface area contributed by atoms with Crippen molar-refractivity contribution in [3.63, 3.8) is 0 Å². The number of aromatic nitrogens is 2. The maximum atomic E-state index is 11.1. The van der Waals surface area contributed by atoms with Gasteiger partial charge in [0.15, 0.2) is 11.5 Å². The summed E-state index contributed by atoms with van der Waals surface area (Å²) in [4.78, 5) is 11.1. The number of rotatable bonds is 6. The van der Waals surface area contributed by atoms with Gasteiger partial charge in [-0.25, -0.2) is 9.97 Å². The minimum Gasteiger partial charge on any atom is -0.493 e. The van der Waals surface area contributed by atoms with Crippen LogP contribution in [0.25, 0.3) is 10.9 Å². The van der Waals surface area contributed by atoms with Crippen molar-refractivity contribution in [2.75, 3.05) is 45.1 Å². The van der Waals surface area contributed by atoms with Crippen LogP contribution in [0.4, 0.5) is 5.82 Å². The van der Waals surface area contributed by atoms with E-state index in [2.05, 4.69) is 14.9 Å². The normalized spacial score (nSPS) is 19.0. The molecule has 27 heavy (non-hydrogen) atoms. The second kappa shape index (κ2) is 6.49. The second-order valence-corrected chi connectivity index (χ2v) is 9.18. The number of methoxy groups -OCH3 is 2. The maximum Gasteiger partial charge on any atom is 0.264 e. The predicted octanol–water partition coefficient (Wildman–Crippen LogP) is 1.84. The zero-order valence-corrected chi connectivity index (χ0v) is 16.5. The van der Waals surface area contributed by atoms with E-state index >= 15 is 0 Å². The minimum atomic E-state index is -3.36. The zero-order valence-electron chi connectivity index (χ0n) is 15.6. The molecule has 2 fully saturated rings. The fourth-order valence-corrected chi connectivity index (χ4v) is 4.74. The molecule has 1 saturated carbocycles. The Labute approximate surface area is 158 Å². The molecule has 4 rings (SSSR count). The molecule has 2 aromatic rings. The number of anilines is 1. The summed E-state index contributed by atoms with van der Waals surface area (Å²) in [5.41, 5.74) is 1.06. The predicted molar refractivity (Wildman–Crippen MR) is 101 cm³/mol. The quantitative estimate of drug-likeness (QED) is 0.687. The van der Waals surface area contributed by atoms with Crippen LogP contribution in [-0.4, -0.2) is 58.6 Å². The lowest BCUT2D eigenvalue weighted by Crippen LogP contribution is -2.63. The van der Waals surface area contributed by atoms with E-state index < -0.39 is 10.1 Å². The highest BCUT2D eigenvalue weighted by molar-refractivity contribution is 7.85. The van der Waals surface area contributed by atoms with Gasteiger partial charge in [0.1, 0.15) is 12.1 Å². The van der Waals surface area contributed by atoms with Gasteiger partial charge in [0.25, 0.3) is 10.1 Å². The molecule has 0 N–H and O–H groups in total. The number of fused-ring (bicyclic) bond motifs is 1. The first-order chi connectivity index (χ1) is 12.8. The molecule has 0 bridgehead atoms. The van der Waals surface area contributed by atoms with Gasteiger partial charge in [-0.2, -0.15) is 8.42 Å². The van der Waals surface area contributed by atoms with Gasteiger partial charge >= 0.3 is 0 Å². The van der Waals surface area contributed by atoms with Crippen molar-refractivity contribution in [1.82, 2.24) is 9.97 Å². The van der Waals surface area contributed by atoms with E-state index in [0.29, 0.717) is 17.4 Å². The van der Waals surface area contributed by atoms with Crippen molar-refractivity contribution in [2.24, 2.45) is 11.3 Å². The van der Waals surface area contributed by atoms with Gasteiger partial charge in [0, 0.05) is 30.0 Å². The molecule has 0 unspecified atom stereocenters. The van der Waals surface area contributed by atoms with Crippen LogP contribution in [0.2, 0.25) is 0 Å². The third kappa shape index (κ3) is 3.41. The largest absolute Gasteiger partial charge is 0.493 e. The second-order valence-electron chi connectivity index (χ2n) is 7.54. The van der Waals surface area contributed by atoms with Crippen LogP contribution in [-0.2, 0) is 14.3 Å². The van der Waals surface area contributed by atoms with E-state index in [1.165, 1.54) is 0 Å². The molecular weight excluding hydrogens is 370 g/mol. The van der Waals surface area contributed by atoms with Gasteiger partial charge in [0.2, 0.25) is 0 Å². The molecule has 2 heterocycles. The smallest absolute Gasteiger partial charge is 0.264 e. The molecule has 146 valence electrons. The van der Waals surface area contributed by atoms with Gasteiger partial charge in [-0.15, -0.1) is 0 Å². The average molecular weight is 393 g/mol. The van der Waals surface area contributed by atoms with Gasteiger partial charge < -0.3 is 14.4 Å². The van der Waals surface area contributed by atoms with Crippen molar-refractivity contribution in [3.05, 3.63) is 18.5 Å². The van der Waals surface area contributed by atoms with E-state index in [4.69, 9.17) is 13.7 Å². The Balaban J connectivity index is 1.46. The van der Waals surface area contributed by atoms with E-state index in [9.17, 15) is 8.42 Å². The molecule has 1 aliphatic heterocycles. The maximum absolute atomic E-state index is 11.1. The third-order valence-corrected chi connectivity index (χ3v) is 6.00. The van der Waals surface area contributed by atoms with Gasteiger partial charge in [-0.3, -0.25) is 4.18 Å². The van der Waals surface area contributed by atoms with Crippen LogP contribution in [0, 0.1) is 11.3 Å². The summed E-state index contributed by atoms with van der Waals surface area (Å²) >= 11 is 0. The van der Waals surface area contributed by atoms with Crippen molar-refractivity contribution < 1.29 is 22.1 Å². The monoisotopic (exact) mass is 393 g/mol. The Morgan fingerprint density at radius 1 is 1.15 bits per heavy atom. The van der Waals surface area contributed by atoms with Gasteiger partial charge in [-0.1, -0.05) is 0 Å². The summed E-state index contributed by atoms with van der Waals surface area (Å²) in [6.07, 6.45) is 4.63. The van der Waals surface area contributed by atoms with Crippen LogP contribution in [0.5, 0.6) is 11.5 Å². The molecule has 9 heteroatoms. The summed E-state index contributed by atoms with van der Waals surface area (Å²) < 4.78 is 37.9. The highest BCUT2D eigenvalue weighted by atomic mass is 32.2. The molecule has 1 aromatic heterocycles. The van der Waals surface area contributed by atoms with Crippen LogP contribution >= 0.6 is 0 Å². The summed E-state index contributed by atoms with van der Waals surface area (Å²) in [5, 5.41) is 0.932. The van der Waals surface area contributed by atoms with E-state index in [1.54, 1.807) is 20.5 Å². The van der Waals surface area contributed by atoms with E-state index in [1.807, 2.05) is 12.1 Å². The lowest BCUT2D eigenvalue weighted by molar-refractivity contribution is 0.000384. The highest BCUT2D eigenvalue weighted by Crippen LogP contribution is 2.53. The summed E-state index contributed by atoms with van der Waals surface area (Å²) in [6.45, 7) is 2.10. The molecule has 2 aliphatic rings. The molecule has 1 aromatic carbocycles. The Bertz CT molecular complexity index is 964. The topological polar surface area (TPSA) is 90.9 Å². The molecular formula is C18H23N3O5S. The first kappa shape index (κ1) is 18.2. The molecule has 1 aliphatic carbocycles. The molecule has 8 nitrogen and oxygen atoms in total. The third-order valence-electron chi connectivity index (χ3n) is 5.43. The first-order valence-electron chi connectivity index (χ1n) is 8.79. The Kier molecular flexibility index (Phi) is 4.38. The Morgan fingerprint density at radius 3 is 2.44 bits per heavy atom. The minimum absolute atomic E-state index is 0.249. The Hall–Kier alpha value is -2.13. The SMILES string of the molecule is COc1cc2ncnc(N3CC4(CC(COS(C)(=O)=O)C4)C3)c2cc1OC. The number of nitrogens with zero attached hydrogens (tertiary/aromatic N) is 3. The number of ether oxygens (including phenoxy) is 2. The van der Waals surface area contributed by atoms with Crippen molar-refractivity contribution in [3.8, 4) is 11.5 Å². The van der Waals surface area contributed by atoms with Crippen molar-refractivity contribution in [1.29, 1.82) is 0 Å². The molecule has 0 radical (unpaired) electrons. The standard InChI is InChI=1S/C18H23N3O5S/c1-24-15-4-13-14(5-16(15)25-2)19-11-20-17(13)21-9-18(10-21)6-12(7-18)8-26-27(3,22)23/h4-5,11-12H,6-10H2,1-3H3. The number of hydrogen-bond donors (Lipinski definition) is 0. The van der Waals surface area contributed by atoms with Crippen LogP contribution in [0.15, 0.2) is 18.5 Å². The summed E-state index contributed by atoms with van der Waals surface area (Å²) in [5.74, 6) is 2.50. The summed E-state index contributed by atoms with van der Waals surface area (Å²) in [6, 6.07) is 3.77. The Morgan fingerprint density at radius 2 is 1.81 bits per heavy atom. The van der Waals surface area contributed by atoms with Gasteiger partial charge in [0.05, 0.1) is 32.6 Å². The number of hydrogen-bond acceptors (Lipinski definition) is 8. The van der Waals surface area contributed by atoms with Crippen LogP contribution in [0.1, 0.15) is 12.8 Å². The molecule has 0 amide bonds. The summed E-state index contributed by atoms with van der Waals surface area (Å²) in [7, 11) is -0.149. The molecule has 0 atom stereocenters. The number of benzene rings is 1. The molecule has 1 saturated heterocycles. The van der Waals surface area contributed by atoms with Crippen LogP contribution in [0.3, 0.4) is 0 Å². The van der Waals surface area contributed by atoms with Crippen LogP contribution < -0.4 is 14.4 Å². The fraction of sp³-hybridized carbons (Fsp3) is 0.556. The fourth-order valence-electron chi connectivity index (χ4n) is 4.30. The van der Waals surface area contributed by atoms with E-state index in [0.717, 1.165) is 48.9 Å². The highest BCUT2D eigenvalue weighted by Gasteiger charge is 2.53. The van der Waals surface area contributed by atoms with Gasteiger partial charge in [-0.05, 0) is 24.8 Å². The lowest BCUT2D eigenvalue weighted by atomic mass is 9.58. The zero-order chi connectivity index (χ0) is 19.2. The first-order valence-corrected chi connectivity index (χ1v) is 10.6. The van der Waals surface area contributed by atoms with E-state index in [-0.39, 0.29) is 12.0 Å². The van der Waals surface area contributed by atoms with Crippen molar-refractivity contribution in [2.45, 2.75) is 12.8 Å². The molecule has 1 spiro atoms. The lowest BCUT2D eigenvalue weighted by Gasteiger charge is -2.59. The van der Waals surface area contributed by atoms with Crippen molar-refractivity contribution >= 4 is 26.8 Å².